The molecule has 0 amide bonds. The van der Waals surface area contributed by atoms with Crippen LogP contribution in [0.4, 0.5) is 5.69 Å². The van der Waals surface area contributed by atoms with Crippen LogP contribution in [0, 0.1) is 13.8 Å². The van der Waals surface area contributed by atoms with E-state index in [0.717, 1.165) is 18.1 Å². The summed E-state index contributed by atoms with van der Waals surface area (Å²) >= 11 is 0. The van der Waals surface area contributed by atoms with E-state index in [1.54, 1.807) is 0 Å². The first-order valence-electron chi connectivity index (χ1n) is 9.90. The van der Waals surface area contributed by atoms with E-state index in [0.29, 0.717) is 0 Å². The van der Waals surface area contributed by atoms with E-state index >= 15 is 0 Å². The first-order chi connectivity index (χ1) is 11.6. The van der Waals surface area contributed by atoms with Crippen LogP contribution in [0.5, 0.6) is 0 Å². The van der Waals surface area contributed by atoms with Crippen molar-refractivity contribution < 1.29 is 0 Å². The molecule has 2 atom stereocenters. The zero-order valence-corrected chi connectivity index (χ0v) is 15.7. The molecule has 3 aliphatic rings. The molecule has 132 valence electrons. The minimum absolute atomic E-state index is 0.815. The summed E-state index contributed by atoms with van der Waals surface area (Å²) in [6.45, 7) is 9.53. The van der Waals surface area contributed by atoms with Crippen molar-refractivity contribution in [3.8, 4) is 0 Å². The van der Waals surface area contributed by atoms with Gasteiger partial charge in [0.1, 0.15) is 0 Å². The maximum absolute atomic E-state index is 2.95. The Hall–Kier alpha value is -1.06. The average molecular weight is 328 g/mol. The standard InChI is InChI=1S/C21H33N3/c1-16-5-4-6-21(17(16)2)23-13-10-19(11-14-23)24-18-7-8-20(24)15-22(3)12-9-18/h4-6,18-20H,7-15H2,1-3H3/t18-,20+/m1/s1. The maximum atomic E-state index is 2.95. The largest absolute Gasteiger partial charge is 0.371 e. The van der Waals surface area contributed by atoms with E-state index in [1.165, 1.54) is 75.1 Å². The highest BCUT2D eigenvalue weighted by Gasteiger charge is 2.41. The molecule has 0 unspecified atom stereocenters. The van der Waals surface area contributed by atoms with Crippen LogP contribution in [0.3, 0.4) is 0 Å². The second-order valence-corrected chi connectivity index (χ2v) is 8.32. The van der Waals surface area contributed by atoms with Crippen LogP contribution in [0.2, 0.25) is 0 Å². The number of rotatable bonds is 2. The van der Waals surface area contributed by atoms with Crippen LogP contribution in [-0.4, -0.2) is 61.2 Å². The molecular formula is C21H33N3. The molecule has 0 spiro atoms. The number of hydrogen-bond donors (Lipinski definition) is 0. The van der Waals surface area contributed by atoms with Gasteiger partial charge in [-0.2, -0.15) is 0 Å². The molecule has 1 aromatic rings. The average Bonchev–Trinajstić information content (AvgIpc) is 2.89. The smallest absolute Gasteiger partial charge is 0.0398 e. The van der Waals surface area contributed by atoms with Gasteiger partial charge in [-0.05, 0) is 76.7 Å². The van der Waals surface area contributed by atoms with Gasteiger partial charge in [-0.3, -0.25) is 4.90 Å². The van der Waals surface area contributed by atoms with Gasteiger partial charge in [0.05, 0.1) is 0 Å². The topological polar surface area (TPSA) is 9.72 Å². The summed E-state index contributed by atoms with van der Waals surface area (Å²) in [5.74, 6) is 0. The molecule has 3 aliphatic heterocycles. The van der Waals surface area contributed by atoms with Crippen LogP contribution < -0.4 is 4.90 Å². The lowest BCUT2D eigenvalue weighted by molar-refractivity contribution is 0.111. The van der Waals surface area contributed by atoms with Crippen molar-refractivity contribution in [2.24, 2.45) is 0 Å². The highest BCUT2D eigenvalue weighted by Crippen LogP contribution is 2.36. The molecular weight excluding hydrogens is 294 g/mol. The number of likely N-dealkylation sites (N-methyl/N-ethyl adjacent to an activating group) is 1. The van der Waals surface area contributed by atoms with Gasteiger partial charge in [0.2, 0.25) is 0 Å². The van der Waals surface area contributed by atoms with Gasteiger partial charge in [0, 0.05) is 43.4 Å². The highest BCUT2D eigenvalue weighted by molar-refractivity contribution is 5.56. The van der Waals surface area contributed by atoms with Gasteiger partial charge in [-0.15, -0.1) is 0 Å². The summed E-state index contributed by atoms with van der Waals surface area (Å²) in [4.78, 5) is 8.14. The van der Waals surface area contributed by atoms with Crippen LogP contribution in [0.1, 0.15) is 43.2 Å². The maximum Gasteiger partial charge on any atom is 0.0398 e. The number of hydrogen-bond acceptors (Lipinski definition) is 3. The Morgan fingerprint density at radius 2 is 1.50 bits per heavy atom. The number of benzene rings is 1. The molecule has 4 rings (SSSR count). The molecule has 3 heterocycles. The Kier molecular flexibility index (Phi) is 4.57. The summed E-state index contributed by atoms with van der Waals surface area (Å²) < 4.78 is 0. The highest BCUT2D eigenvalue weighted by atomic mass is 15.3. The fraction of sp³-hybridized carbons (Fsp3) is 0.714. The lowest BCUT2D eigenvalue weighted by Crippen LogP contribution is -2.50. The molecule has 1 aromatic carbocycles. The molecule has 3 saturated heterocycles. The fourth-order valence-corrected chi connectivity index (χ4v) is 5.36. The monoisotopic (exact) mass is 327 g/mol. The molecule has 3 nitrogen and oxygen atoms in total. The molecule has 0 aliphatic carbocycles. The van der Waals surface area contributed by atoms with Crippen molar-refractivity contribution in [1.29, 1.82) is 0 Å². The predicted octanol–water partition coefficient (Wildman–Crippen LogP) is 3.44. The molecule has 0 aromatic heterocycles. The van der Waals surface area contributed by atoms with E-state index in [1.807, 2.05) is 0 Å². The Morgan fingerprint density at radius 1 is 0.833 bits per heavy atom. The normalized spacial score (nSPS) is 29.9. The molecule has 2 bridgehead atoms. The summed E-state index contributed by atoms with van der Waals surface area (Å²) in [5.41, 5.74) is 4.35. The Bertz CT molecular complexity index is 576. The van der Waals surface area contributed by atoms with Crippen molar-refractivity contribution in [2.45, 2.75) is 64.1 Å². The zero-order chi connectivity index (χ0) is 16.7. The van der Waals surface area contributed by atoms with Crippen LogP contribution in [-0.2, 0) is 0 Å². The zero-order valence-electron chi connectivity index (χ0n) is 15.7. The second kappa shape index (κ2) is 6.68. The van der Waals surface area contributed by atoms with Gasteiger partial charge in [-0.25, -0.2) is 0 Å². The molecule has 24 heavy (non-hydrogen) atoms. The third kappa shape index (κ3) is 2.97. The van der Waals surface area contributed by atoms with Crippen molar-refractivity contribution >= 4 is 5.69 Å². The van der Waals surface area contributed by atoms with Crippen molar-refractivity contribution in [2.75, 3.05) is 38.1 Å². The van der Waals surface area contributed by atoms with Gasteiger partial charge >= 0.3 is 0 Å². The summed E-state index contributed by atoms with van der Waals surface area (Å²) in [6, 6.07) is 9.26. The molecule has 0 N–H and O–H groups in total. The third-order valence-electron chi connectivity index (χ3n) is 6.85. The number of piperidine rings is 1. The fourth-order valence-electron chi connectivity index (χ4n) is 5.36. The van der Waals surface area contributed by atoms with Gasteiger partial charge in [0.15, 0.2) is 0 Å². The number of aryl methyl sites for hydroxylation is 1. The molecule has 3 fully saturated rings. The quantitative estimate of drug-likeness (QED) is 0.824. The van der Waals surface area contributed by atoms with Crippen molar-refractivity contribution in [3.05, 3.63) is 29.3 Å². The van der Waals surface area contributed by atoms with Gasteiger partial charge in [0.25, 0.3) is 0 Å². The van der Waals surface area contributed by atoms with Crippen LogP contribution >= 0.6 is 0 Å². The Balaban J connectivity index is 1.44. The number of likely N-dealkylation sites (tertiary alicyclic amines) is 1. The summed E-state index contributed by atoms with van der Waals surface area (Å²) in [7, 11) is 2.31. The van der Waals surface area contributed by atoms with Crippen LogP contribution in [0.25, 0.3) is 0 Å². The number of nitrogens with zero attached hydrogens (tertiary/aromatic N) is 3. The minimum Gasteiger partial charge on any atom is -0.371 e. The summed E-state index contributed by atoms with van der Waals surface area (Å²) in [6.07, 6.45) is 6.92. The van der Waals surface area contributed by atoms with Gasteiger partial charge < -0.3 is 9.80 Å². The van der Waals surface area contributed by atoms with E-state index in [2.05, 4.69) is 53.8 Å². The number of fused-ring (bicyclic) bond motifs is 2. The minimum atomic E-state index is 0.815. The van der Waals surface area contributed by atoms with E-state index in [4.69, 9.17) is 0 Å². The lowest BCUT2D eigenvalue weighted by Gasteiger charge is -2.42. The van der Waals surface area contributed by atoms with Gasteiger partial charge in [-0.1, -0.05) is 12.1 Å². The predicted molar refractivity (Wildman–Crippen MR) is 102 cm³/mol. The number of anilines is 1. The van der Waals surface area contributed by atoms with E-state index in [-0.39, 0.29) is 0 Å². The first-order valence-corrected chi connectivity index (χ1v) is 9.90. The van der Waals surface area contributed by atoms with Crippen molar-refractivity contribution in [3.63, 3.8) is 0 Å². The van der Waals surface area contributed by atoms with Crippen LogP contribution in [0.15, 0.2) is 18.2 Å². The summed E-state index contributed by atoms with van der Waals surface area (Å²) in [5, 5.41) is 0. The molecule has 0 radical (unpaired) electrons. The van der Waals surface area contributed by atoms with E-state index in [9.17, 15) is 0 Å². The Labute approximate surface area is 147 Å². The third-order valence-corrected chi connectivity index (χ3v) is 6.85. The SMILES string of the molecule is Cc1cccc(N2CCC(N3[C@@H]4CC[C@H]3CN(C)CC4)CC2)c1C. The van der Waals surface area contributed by atoms with E-state index < -0.39 is 0 Å². The first kappa shape index (κ1) is 16.4. The Morgan fingerprint density at radius 3 is 2.29 bits per heavy atom. The van der Waals surface area contributed by atoms with Crippen molar-refractivity contribution in [1.82, 2.24) is 9.80 Å². The lowest BCUT2D eigenvalue weighted by atomic mass is 9.98. The second-order valence-electron chi connectivity index (χ2n) is 8.32. The molecule has 0 saturated carbocycles. The molecule has 3 heteroatoms.